The van der Waals surface area contributed by atoms with Gasteiger partial charge in [-0.3, -0.25) is 4.98 Å². The van der Waals surface area contributed by atoms with Crippen LogP contribution in [-0.4, -0.2) is 28.9 Å². The van der Waals surface area contributed by atoms with Crippen LogP contribution < -0.4 is 19.7 Å². The molecule has 30 heavy (non-hydrogen) atoms. The first-order valence-corrected chi connectivity index (χ1v) is 10.3. The molecule has 0 bridgehead atoms. The third kappa shape index (κ3) is 3.61. The van der Waals surface area contributed by atoms with Crippen molar-refractivity contribution >= 4 is 23.0 Å². The van der Waals surface area contributed by atoms with Gasteiger partial charge in [0.2, 0.25) is 0 Å². The molecule has 3 heterocycles. The molecule has 156 valence electrons. The topological polar surface area (TPSA) is 51.6 Å². The molecule has 1 fully saturated rings. The van der Waals surface area contributed by atoms with Crippen molar-refractivity contribution in [3.63, 3.8) is 0 Å². The van der Waals surface area contributed by atoms with Crippen LogP contribution in [0.4, 0.5) is 5.69 Å². The van der Waals surface area contributed by atoms with Crippen LogP contribution >= 0.6 is 12.2 Å². The summed E-state index contributed by atoms with van der Waals surface area (Å²) in [5.74, 6) is 1.48. The Bertz CT molecular complexity index is 1030. The first kappa shape index (κ1) is 20.2. The molecule has 1 aliphatic rings. The van der Waals surface area contributed by atoms with Crippen LogP contribution in [0, 0.1) is 0 Å². The number of benzene rings is 1. The number of nitrogens with one attached hydrogen (secondary N) is 1. The number of nitrogens with zero attached hydrogens (tertiary/aromatic N) is 3. The Balaban J connectivity index is 1.86. The summed E-state index contributed by atoms with van der Waals surface area (Å²) in [5, 5.41) is 4.11. The van der Waals surface area contributed by atoms with Crippen LogP contribution in [-0.2, 0) is 0 Å². The number of rotatable bonds is 6. The standard InChI is InChI=1S/C23H26N4O2S/c1-15(2)26-12-10-16(14-26)22-21(18-7-5-6-11-24-18)25-23(30)27(22)19-13-17(28-3)8-9-20(19)29-4/h5-15,21-22H,1-4H3,(H,25,30)/t21-,22+/m0/s1. The predicted molar refractivity (Wildman–Crippen MR) is 122 cm³/mol. The van der Waals surface area contributed by atoms with Gasteiger partial charge in [-0.2, -0.15) is 0 Å². The predicted octanol–water partition coefficient (Wildman–Crippen LogP) is 4.66. The molecule has 1 saturated heterocycles. The molecule has 0 aliphatic carbocycles. The summed E-state index contributed by atoms with van der Waals surface area (Å²) in [6.45, 7) is 4.33. The average Bonchev–Trinajstić information content (AvgIpc) is 3.38. The number of hydrogen-bond acceptors (Lipinski definition) is 4. The number of aromatic nitrogens is 2. The normalized spacial score (nSPS) is 18.6. The molecule has 1 aromatic carbocycles. The number of hydrogen-bond donors (Lipinski definition) is 1. The van der Waals surface area contributed by atoms with Gasteiger partial charge in [0.05, 0.1) is 37.7 Å². The van der Waals surface area contributed by atoms with Crippen molar-refractivity contribution in [2.45, 2.75) is 32.0 Å². The van der Waals surface area contributed by atoms with Crippen molar-refractivity contribution in [1.29, 1.82) is 0 Å². The maximum atomic E-state index is 5.81. The van der Waals surface area contributed by atoms with E-state index in [9.17, 15) is 0 Å². The van der Waals surface area contributed by atoms with E-state index in [0.29, 0.717) is 11.2 Å². The zero-order chi connectivity index (χ0) is 21.3. The highest BCUT2D eigenvalue weighted by Crippen LogP contribution is 2.45. The van der Waals surface area contributed by atoms with E-state index in [2.05, 4.69) is 52.1 Å². The average molecular weight is 423 g/mol. The first-order chi connectivity index (χ1) is 14.5. The third-order valence-corrected chi connectivity index (χ3v) is 5.73. The number of pyridine rings is 1. The molecule has 0 spiro atoms. The zero-order valence-electron chi connectivity index (χ0n) is 17.6. The van der Waals surface area contributed by atoms with Crippen LogP contribution in [0.3, 0.4) is 0 Å². The van der Waals surface area contributed by atoms with Gasteiger partial charge in [0.1, 0.15) is 11.5 Å². The van der Waals surface area contributed by atoms with E-state index in [-0.39, 0.29) is 12.1 Å². The van der Waals surface area contributed by atoms with Gasteiger partial charge in [0.15, 0.2) is 5.11 Å². The Morgan fingerprint density at radius 3 is 2.57 bits per heavy atom. The summed E-state index contributed by atoms with van der Waals surface area (Å²) in [6, 6.07) is 14.0. The summed E-state index contributed by atoms with van der Waals surface area (Å²) >= 11 is 5.81. The summed E-state index contributed by atoms with van der Waals surface area (Å²) < 4.78 is 13.3. The molecular formula is C23H26N4O2S. The maximum Gasteiger partial charge on any atom is 0.174 e. The summed E-state index contributed by atoms with van der Waals surface area (Å²) in [4.78, 5) is 6.71. The van der Waals surface area contributed by atoms with E-state index >= 15 is 0 Å². The van der Waals surface area contributed by atoms with Crippen molar-refractivity contribution in [3.05, 3.63) is 72.3 Å². The molecule has 0 amide bonds. The first-order valence-electron chi connectivity index (χ1n) is 9.93. The maximum absolute atomic E-state index is 5.81. The second-order valence-corrected chi connectivity index (χ2v) is 7.91. The SMILES string of the molecule is COc1ccc(OC)c(N2C(=S)N[C@@H](c3ccccn3)[C@H]2c2ccn(C(C)C)c2)c1. The number of anilines is 1. The lowest BCUT2D eigenvalue weighted by molar-refractivity contribution is 0.403. The molecule has 1 aliphatic heterocycles. The fraction of sp³-hybridized carbons (Fsp3) is 0.304. The van der Waals surface area contributed by atoms with Crippen molar-refractivity contribution in [2.75, 3.05) is 19.1 Å². The lowest BCUT2D eigenvalue weighted by atomic mass is 9.98. The summed E-state index contributed by atoms with van der Waals surface area (Å²) in [5.41, 5.74) is 2.94. The van der Waals surface area contributed by atoms with Gasteiger partial charge in [-0.15, -0.1) is 0 Å². The van der Waals surface area contributed by atoms with E-state index in [4.69, 9.17) is 21.7 Å². The second-order valence-electron chi connectivity index (χ2n) is 7.52. The minimum absolute atomic E-state index is 0.0894. The van der Waals surface area contributed by atoms with Crippen LogP contribution in [0.2, 0.25) is 0 Å². The highest BCUT2D eigenvalue weighted by atomic mass is 32.1. The molecule has 7 heteroatoms. The van der Waals surface area contributed by atoms with Gasteiger partial charge in [-0.1, -0.05) is 6.07 Å². The molecule has 2 aromatic heterocycles. The summed E-state index contributed by atoms with van der Waals surface area (Å²) in [6.07, 6.45) is 6.10. The number of thiocarbonyl (C=S) groups is 1. The summed E-state index contributed by atoms with van der Waals surface area (Å²) in [7, 11) is 3.32. The van der Waals surface area contributed by atoms with Crippen LogP contribution in [0.15, 0.2) is 61.1 Å². The van der Waals surface area contributed by atoms with Gasteiger partial charge in [-0.25, -0.2) is 0 Å². The van der Waals surface area contributed by atoms with Gasteiger partial charge in [-0.05, 0) is 62.0 Å². The molecule has 3 aromatic rings. The smallest absolute Gasteiger partial charge is 0.174 e. The Labute approximate surface area is 182 Å². The molecule has 2 atom stereocenters. The minimum Gasteiger partial charge on any atom is -0.497 e. The van der Waals surface area contributed by atoms with Crippen molar-refractivity contribution < 1.29 is 9.47 Å². The monoisotopic (exact) mass is 422 g/mol. The molecule has 0 radical (unpaired) electrons. The van der Waals surface area contributed by atoms with Crippen molar-refractivity contribution in [3.8, 4) is 11.5 Å². The molecule has 0 saturated carbocycles. The molecule has 6 nitrogen and oxygen atoms in total. The number of ether oxygens (including phenoxy) is 2. The fourth-order valence-electron chi connectivity index (χ4n) is 3.86. The van der Waals surface area contributed by atoms with Gasteiger partial charge < -0.3 is 24.3 Å². The van der Waals surface area contributed by atoms with E-state index < -0.39 is 0 Å². The van der Waals surface area contributed by atoms with Crippen LogP contribution in [0.5, 0.6) is 11.5 Å². The minimum atomic E-state index is -0.0994. The van der Waals surface area contributed by atoms with Gasteiger partial charge in [0, 0.05) is 30.7 Å². The highest BCUT2D eigenvalue weighted by molar-refractivity contribution is 7.80. The van der Waals surface area contributed by atoms with Crippen molar-refractivity contribution in [1.82, 2.24) is 14.9 Å². The molecular weight excluding hydrogens is 396 g/mol. The van der Waals surface area contributed by atoms with E-state index in [1.54, 1.807) is 14.2 Å². The lowest BCUT2D eigenvalue weighted by Crippen LogP contribution is -2.29. The lowest BCUT2D eigenvalue weighted by Gasteiger charge is -2.28. The fourth-order valence-corrected chi connectivity index (χ4v) is 4.20. The van der Waals surface area contributed by atoms with Crippen LogP contribution in [0.25, 0.3) is 0 Å². The Kier molecular flexibility index (Phi) is 5.63. The zero-order valence-corrected chi connectivity index (χ0v) is 18.4. The Morgan fingerprint density at radius 1 is 1.10 bits per heavy atom. The second kappa shape index (κ2) is 8.36. The van der Waals surface area contributed by atoms with E-state index in [1.807, 2.05) is 42.6 Å². The van der Waals surface area contributed by atoms with Gasteiger partial charge >= 0.3 is 0 Å². The van der Waals surface area contributed by atoms with E-state index in [1.165, 1.54) is 0 Å². The largest absolute Gasteiger partial charge is 0.497 e. The van der Waals surface area contributed by atoms with Crippen molar-refractivity contribution in [2.24, 2.45) is 0 Å². The van der Waals surface area contributed by atoms with E-state index in [0.717, 1.165) is 28.4 Å². The molecule has 4 rings (SSSR count). The Morgan fingerprint density at radius 2 is 1.93 bits per heavy atom. The van der Waals surface area contributed by atoms with Crippen LogP contribution in [0.1, 0.15) is 43.2 Å². The highest BCUT2D eigenvalue weighted by Gasteiger charge is 2.42. The molecule has 0 unspecified atom stereocenters. The number of methoxy groups -OCH3 is 2. The Hall–Kier alpha value is -3.06. The molecule has 1 N–H and O–H groups in total. The third-order valence-electron chi connectivity index (χ3n) is 5.42. The quantitative estimate of drug-likeness (QED) is 0.583. The van der Waals surface area contributed by atoms with Gasteiger partial charge in [0.25, 0.3) is 0 Å².